The number of rotatable bonds is 10. The molecule has 0 aliphatic carbocycles. The summed E-state index contributed by atoms with van der Waals surface area (Å²) < 4.78 is 5.34. The second kappa shape index (κ2) is 10.6. The van der Waals surface area contributed by atoms with Crippen LogP contribution in [0.1, 0.15) is 24.5 Å². The summed E-state index contributed by atoms with van der Waals surface area (Å²) in [6, 6.07) is 25.1. The van der Waals surface area contributed by atoms with Crippen LogP contribution in [0, 0.1) is 5.92 Å². The van der Waals surface area contributed by atoms with Crippen molar-refractivity contribution in [3.8, 4) is 0 Å². The summed E-state index contributed by atoms with van der Waals surface area (Å²) in [4.78, 5) is 12.5. The summed E-state index contributed by atoms with van der Waals surface area (Å²) in [6.07, 6.45) is 2.78. The summed E-state index contributed by atoms with van der Waals surface area (Å²) in [5.41, 5.74) is 2.55. The lowest BCUT2D eigenvalue weighted by molar-refractivity contribution is -0.147. The van der Waals surface area contributed by atoms with Crippen LogP contribution in [0.2, 0.25) is 0 Å². The van der Waals surface area contributed by atoms with Crippen LogP contribution in [0.25, 0.3) is 10.8 Å². The Morgan fingerprint density at radius 2 is 1.71 bits per heavy atom. The summed E-state index contributed by atoms with van der Waals surface area (Å²) >= 11 is 0. The van der Waals surface area contributed by atoms with Gasteiger partial charge in [-0.25, -0.2) is 0 Å². The van der Waals surface area contributed by atoms with Crippen molar-refractivity contribution in [3.05, 3.63) is 83.9 Å². The molecule has 3 aromatic rings. The van der Waals surface area contributed by atoms with E-state index in [0.717, 1.165) is 19.4 Å². The quantitative estimate of drug-likeness (QED) is 0.409. The molecule has 0 saturated carbocycles. The Balaban J connectivity index is 1.58. The zero-order valence-electron chi connectivity index (χ0n) is 16.6. The van der Waals surface area contributed by atoms with Gasteiger partial charge < -0.3 is 10.1 Å². The minimum atomic E-state index is -0.178. The van der Waals surface area contributed by atoms with E-state index in [1.165, 1.54) is 21.9 Å². The number of fused-ring (bicyclic) bond motifs is 1. The molecule has 3 nitrogen and oxygen atoms in total. The Hall–Kier alpha value is -2.65. The van der Waals surface area contributed by atoms with Crippen molar-refractivity contribution < 1.29 is 9.53 Å². The van der Waals surface area contributed by atoms with Crippen LogP contribution in [0.4, 0.5) is 0 Å². The van der Waals surface area contributed by atoms with E-state index in [2.05, 4.69) is 59.9 Å². The van der Waals surface area contributed by atoms with Crippen molar-refractivity contribution in [1.82, 2.24) is 5.32 Å². The largest absolute Gasteiger partial charge is 0.466 e. The molecule has 0 radical (unpaired) electrons. The lowest BCUT2D eigenvalue weighted by Crippen LogP contribution is -2.32. The third-order valence-electron chi connectivity index (χ3n) is 5.02. The Morgan fingerprint density at radius 1 is 0.964 bits per heavy atom. The Morgan fingerprint density at radius 3 is 2.54 bits per heavy atom. The fourth-order valence-corrected chi connectivity index (χ4v) is 3.57. The summed E-state index contributed by atoms with van der Waals surface area (Å²) in [5, 5.41) is 5.88. The van der Waals surface area contributed by atoms with Crippen molar-refractivity contribution in [3.63, 3.8) is 0 Å². The number of ether oxygens (including phenoxy) is 1. The van der Waals surface area contributed by atoms with Crippen molar-refractivity contribution in [2.24, 2.45) is 5.92 Å². The molecule has 1 N–H and O–H groups in total. The minimum Gasteiger partial charge on any atom is -0.466 e. The molecule has 3 aromatic carbocycles. The number of hydrogen-bond donors (Lipinski definition) is 1. The first-order valence-corrected chi connectivity index (χ1v) is 10.2. The third kappa shape index (κ3) is 5.67. The van der Waals surface area contributed by atoms with E-state index in [1.54, 1.807) is 0 Å². The number of aryl methyl sites for hydroxylation is 1. The first kappa shape index (κ1) is 20.1. The van der Waals surface area contributed by atoms with Crippen molar-refractivity contribution in [2.45, 2.75) is 26.2 Å². The van der Waals surface area contributed by atoms with Crippen LogP contribution < -0.4 is 5.32 Å². The van der Waals surface area contributed by atoms with Crippen molar-refractivity contribution in [2.75, 3.05) is 19.7 Å². The van der Waals surface area contributed by atoms with Crippen LogP contribution in [0.5, 0.6) is 0 Å². The molecule has 28 heavy (non-hydrogen) atoms. The van der Waals surface area contributed by atoms with Crippen LogP contribution in [0.3, 0.4) is 0 Å². The molecule has 3 heteroatoms. The van der Waals surface area contributed by atoms with E-state index < -0.39 is 0 Å². The zero-order valence-corrected chi connectivity index (χ0v) is 16.6. The molecule has 0 heterocycles. The monoisotopic (exact) mass is 375 g/mol. The highest BCUT2D eigenvalue weighted by Gasteiger charge is 2.20. The number of carbonyl (C=O) groups excluding carboxylic acids is 1. The molecular formula is C25H29NO2. The maximum absolute atomic E-state index is 12.5. The van der Waals surface area contributed by atoms with Gasteiger partial charge in [-0.05, 0) is 54.6 Å². The lowest BCUT2D eigenvalue weighted by atomic mass is 9.94. The maximum Gasteiger partial charge on any atom is 0.310 e. The van der Waals surface area contributed by atoms with Gasteiger partial charge in [0, 0.05) is 6.54 Å². The standard InChI is InChI=1S/C25H29NO2/c1-2-28-25(27)23(19-26-17-9-12-20-10-4-3-5-11-20)18-22-15-8-14-21-13-6-7-16-24(21)22/h3-8,10-11,13-16,23,26H,2,9,12,17-19H2,1H3. The molecule has 0 aliphatic heterocycles. The van der Waals surface area contributed by atoms with E-state index in [1.807, 2.05) is 25.1 Å². The highest BCUT2D eigenvalue weighted by molar-refractivity contribution is 5.86. The van der Waals surface area contributed by atoms with Crippen molar-refractivity contribution in [1.29, 1.82) is 0 Å². The van der Waals surface area contributed by atoms with Gasteiger partial charge in [0.15, 0.2) is 0 Å². The van der Waals surface area contributed by atoms with Gasteiger partial charge in [0.2, 0.25) is 0 Å². The second-order valence-corrected chi connectivity index (χ2v) is 7.08. The normalized spacial score (nSPS) is 12.0. The number of nitrogens with one attached hydrogen (secondary N) is 1. The smallest absolute Gasteiger partial charge is 0.310 e. The first-order chi connectivity index (χ1) is 13.8. The van der Waals surface area contributed by atoms with Crippen LogP contribution in [-0.2, 0) is 22.4 Å². The van der Waals surface area contributed by atoms with Gasteiger partial charge in [0.05, 0.1) is 12.5 Å². The second-order valence-electron chi connectivity index (χ2n) is 7.08. The van der Waals surface area contributed by atoms with Crippen LogP contribution in [-0.4, -0.2) is 25.7 Å². The number of carbonyl (C=O) groups is 1. The number of esters is 1. The Labute approximate surface area is 167 Å². The van der Waals surface area contributed by atoms with E-state index >= 15 is 0 Å². The molecule has 0 bridgehead atoms. The van der Waals surface area contributed by atoms with Gasteiger partial charge in [0.25, 0.3) is 0 Å². The SMILES string of the molecule is CCOC(=O)C(CNCCCc1ccccc1)Cc1cccc2ccccc12. The van der Waals surface area contributed by atoms with E-state index in [4.69, 9.17) is 4.74 Å². The number of hydrogen-bond acceptors (Lipinski definition) is 3. The molecule has 0 spiro atoms. The molecule has 0 amide bonds. The average molecular weight is 376 g/mol. The van der Waals surface area contributed by atoms with Gasteiger partial charge >= 0.3 is 5.97 Å². The fraction of sp³-hybridized carbons (Fsp3) is 0.320. The molecule has 0 saturated heterocycles. The topological polar surface area (TPSA) is 38.3 Å². The number of benzene rings is 3. The molecular weight excluding hydrogens is 346 g/mol. The fourth-order valence-electron chi connectivity index (χ4n) is 3.57. The highest BCUT2D eigenvalue weighted by atomic mass is 16.5. The van der Waals surface area contributed by atoms with E-state index in [9.17, 15) is 4.79 Å². The molecule has 0 aromatic heterocycles. The van der Waals surface area contributed by atoms with Gasteiger partial charge in [-0.3, -0.25) is 4.79 Å². The van der Waals surface area contributed by atoms with Gasteiger partial charge in [-0.1, -0.05) is 72.8 Å². The maximum atomic E-state index is 12.5. The molecule has 146 valence electrons. The molecule has 1 unspecified atom stereocenters. The predicted octanol–water partition coefficient (Wildman–Crippen LogP) is 4.78. The first-order valence-electron chi connectivity index (χ1n) is 10.2. The van der Waals surface area contributed by atoms with Crippen molar-refractivity contribution >= 4 is 16.7 Å². The molecule has 1 atom stereocenters. The minimum absolute atomic E-state index is 0.119. The van der Waals surface area contributed by atoms with E-state index in [-0.39, 0.29) is 11.9 Å². The van der Waals surface area contributed by atoms with Crippen LogP contribution >= 0.6 is 0 Å². The molecule has 3 rings (SSSR count). The van der Waals surface area contributed by atoms with Gasteiger partial charge in [-0.15, -0.1) is 0 Å². The van der Waals surface area contributed by atoms with Gasteiger partial charge in [0.1, 0.15) is 0 Å². The molecule has 0 fully saturated rings. The Kier molecular flexibility index (Phi) is 7.62. The molecule has 0 aliphatic rings. The summed E-state index contributed by atoms with van der Waals surface area (Å²) in [7, 11) is 0. The van der Waals surface area contributed by atoms with Gasteiger partial charge in [-0.2, -0.15) is 0 Å². The lowest BCUT2D eigenvalue weighted by Gasteiger charge is -2.17. The highest BCUT2D eigenvalue weighted by Crippen LogP contribution is 2.21. The summed E-state index contributed by atoms with van der Waals surface area (Å²) in [6.45, 7) is 3.80. The summed E-state index contributed by atoms with van der Waals surface area (Å²) in [5.74, 6) is -0.298. The third-order valence-corrected chi connectivity index (χ3v) is 5.02. The average Bonchev–Trinajstić information content (AvgIpc) is 2.73. The zero-order chi connectivity index (χ0) is 19.6. The Bertz CT molecular complexity index is 871. The van der Waals surface area contributed by atoms with Crippen LogP contribution in [0.15, 0.2) is 72.8 Å². The van der Waals surface area contributed by atoms with E-state index in [0.29, 0.717) is 19.6 Å². The predicted molar refractivity (Wildman–Crippen MR) is 115 cm³/mol.